The molecule has 7 nitrogen and oxygen atoms in total. The molecule has 31 heavy (non-hydrogen) atoms. The molecule has 0 spiro atoms. The molecule has 1 saturated carbocycles. The third-order valence-electron chi connectivity index (χ3n) is 5.65. The van der Waals surface area contributed by atoms with Crippen molar-refractivity contribution in [2.24, 2.45) is 0 Å². The van der Waals surface area contributed by atoms with Crippen LogP contribution in [0.3, 0.4) is 0 Å². The number of nitrogens with zero attached hydrogens (tertiary/aromatic N) is 4. The summed E-state index contributed by atoms with van der Waals surface area (Å²) in [4.78, 5) is 32.7. The van der Waals surface area contributed by atoms with E-state index in [1.807, 2.05) is 24.3 Å². The van der Waals surface area contributed by atoms with Crippen LogP contribution in [-0.2, 0) is 11.2 Å². The van der Waals surface area contributed by atoms with Gasteiger partial charge in [0.15, 0.2) is 5.69 Å². The molecule has 4 rings (SSSR count). The number of hydrogen-bond acceptors (Lipinski definition) is 6. The van der Waals surface area contributed by atoms with E-state index in [0.717, 1.165) is 49.2 Å². The highest BCUT2D eigenvalue weighted by atomic mass is 32.1. The van der Waals surface area contributed by atoms with Crippen LogP contribution in [0.15, 0.2) is 54.2 Å². The van der Waals surface area contributed by atoms with Gasteiger partial charge in [0, 0.05) is 29.5 Å². The molecule has 0 radical (unpaired) electrons. The molecule has 2 amide bonds. The molecule has 0 aliphatic heterocycles. The van der Waals surface area contributed by atoms with Crippen molar-refractivity contribution in [3.05, 3.63) is 71.0 Å². The zero-order valence-corrected chi connectivity index (χ0v) is 18.2. The maximum Gasteiger partial charge on any atom is 0.280 e. The first-order valence-corrected chi connectivity index (χ1v) is 11.4. The van der Waals surface area contributed by atoms with Crippen molar-refractivity contribution < 1.29 is 9.59 Å². The average molecular weight is 436 g/mol. The van der Waals surface area contributed by atoms with Gasteiger partial charge in [0.2, 0.25) is 5.91 Å². The fourth-order valence-corrected chi connectivity index (χ4v) is 4.40. The number of rotatable bonds is 7. The van der Waals surface area contributed by atoms with Crippen LogP contribution in [0.5, 0.6) is 0 Å². The Bertz CT molecular complexity index is 1000. The second-order valence-corrected chi connectivity index (χ2v) is 8.27. The van der Waals surface area contributed by atoms with Gasteiger partial charge in [-0.25, -0.2) is 0 Å². The van der Waals surface area contributed by atoms with E-state index in [4.69, 9.17) is 0 Å². The van der Waals surface area contributed by atoms with E-state index in [1.165, 1.54) is 4.90 Å². The van der Waals surface area contributed by atoms with Crippen molar-refractivity contribution in [1.82, 2.24) is 19.9 Å². The minimum Gasteiger partial charge on any atom is -0.351 e. The summed E-state index contributed by atoms with van der Waals surface area (Å²) >= 11 is 1.11. The summed E-state index contributed by atoms with van der Waals surface area (Å²) in [6.45, 7) is 2.08. The molecule has 1 aliphatic carbocycles. The van der Waals surface area contributed by atoms with E-state index < -0.39 is 6.04 Å². The summed E-state index contributed by atoms with van der Waals surface area (Å²) in [5.41, 5.74) is 2.71. The Morgan fingerprint density at radius 1 is 1.13 bits per heavy atom. The molecule has 8 heteroatoms. The number of carbonyl (C=O) groups is 2. The molecular formula is C23H25N5O2S. The third-order valence-corrected chi connectivity index (χ3v) is 6.16. The van der Waals surface area contributed by atoms with Crippen molar-refractivity contribution in [3.63, 3.8) is 0 Å². The predicted molar refractivity (Wildman–Crippen MR) is 120 cm³/mol. The van der Waals surface area contributed by atoms with E-state index in [-0.39, 0.29) is 23.6 Å². The quantitative estimate of drug-likeness (QED) is 0.607. The fraction of sp³-hybridized carbons (Fsp3) is 0.348. The summed E-state index contributed by atoms with van der Waals surface area (Å²) in [6, 6.07) is 10.6. The van der Waals surface area contributed by atoms with Crippen LogP contribution in [0.1, 0.15) is 60.3 Å². The SMILES string of the molecule is CCc1ccc(N(C(=O)c2csnn2)C(C(=O)NC2CCCC2)c2ccncc2)cc1. The van der Waals surface area contributed by atoms with Crippen LogP contribution in [0.25, 0.3) is 0 Å². The molecule has 1 atom stereocenters. The third kappa shape index (κ3) is 4.80. The number of anilines is 1. The summed E-state index contributed by atoms with van der Waals surface area (Å²) in [7, 11) is 0. The highest BCUT2D eigenvalue weighted by Gasteiger charge is 2.35. The molecule has 3 aromatic rings. The topological polar surface area (TPSA) is 88.1 Å². The Balaban J connectivity index is 1.77. The lowest BCUT2D eigenvalue weighted by Crippen LogP contribution is -2.46. The molecule has 2 aromatic heterocycles. The van der Waals surface area contributed by atoms with Crippen LogP contribution >= 0.6 is 11.5 Å². The maximum atomic E-state index is 13.6. The summed E-state index contributed by atoms with van der Waals surface area (Å²) in [6.07, 6.45) is 8.30. The Hall–Kier alpha value is -3.13. The van der Waals surface area contributed by atoms with E-state index in [2.05, 4.69) is 26.8 Å². The fourth-order valence-electron chi connectivity index (χ4n) is 3.97. The highest BCUT2D eigenvalue weighted by Crippen LogP contribution is 2.30. The minimum atomic E-state index is -0.842. The standard InChI is InChI=1S/C23H25N5O2S/c1-2-16-7-9-19(10-8-16)28(23(30)20-15-31-27-26-20)21(17-11-13-24-14-12-17)22(29)25-18-5-3-4-6-18/h7-15,18,21H,2-6H2,1H3,(H,25,29). The van der Waals surface area contributed by atoms with Crippen molar-refractivity contribution in [2.45, 2.75) is 51.1 Å². The summed E-state index contributed by atoms with van der Waals surface area (Å²) < 4.78 is 3.84. The van der Waals surface area contributed by atoms with Gasteiger partial charge in [-0.2, -0.15) is 0 Å². The number of hydrogen-bond donors (Lipinski definition) is 1. The number of carbonyl (C=O) groups excluding carboxylic acids is 2. The van der Waals surface area contributed by atoms with Gasteiger partial charge in [0.05, 0.1) is 0 Å². The van der Waals surface area contributed by atoms with Gasteiger partial charge in [0.1, 0.15) is 6.04 Å². The van der Waals surface area contributed by atoms with Gasteiger partial charge in [0.25, 0.3) is 5.91 Å². The van der Waals surface area contributed by atoms with Crippen molar-refractivity contribution in [2.75, 3.05) is 4.90 Å². The lowest BCUT2D eigenvalue weighted by Gasteiger charge is -2.31. The molecule has 1 fully saturated rings. The van der Waals surface area contributed by atoms with Crippen molar-refractivity contribution in [1.29, 1.82) is 0 Å². The highest BCUT2D eigenvalue weighted by molar-refractivity contribution is 7.03. The second-order valence-electron chi connectivity index (χ2n) is 7.66. The number of pyridine rings is 1. The van der Waals surface area contributed by atoms with Crippen LogP contribution < -0.4 is 10.2 Å². The molecule has 0 saturated heterocycles. The van der Waals surface area contributed by atoms with Gasteiger partial charge < -0.3 is 5.32 Å². The van der Waals surface area contributed by atoms with Gasteiger partial charge in [-0.3, -0.25) is 19.5 Å². The molecule has 1 aromatic carbocycles. The lowest BCUT2D eigenvalue weighted by molar-refractivity contribution is -0.123. The predicted octanol–water partition coefficient (Wildman–Crippen LogP) is 3.94. The zero-order chi connectivity index (χ0) is 21.6. The van der Waals surface area contributed by atoms with Crippen molar-refractivity contribution >= 4 is 29.0 Å². The van der Waals surface area contributed by atoms with Gasteiger partial charge in [-0.15, -0.1) is 5.10 Å². The number of aryl methyl sites for hydroxylation is 1. The van der Waals surface area contributed by atoms with Gasteiger partial charge in [-0.05, 0) is 66.2 Å². The number of benzene rings is 1. The van der Waals surface area contributed by atoms with E-state index in [9.17, 15) is 9.59 Å². The maximum absolute atomic E-state index is 13.6. The number of aromatic nitrogens is 3. The Labute approximate surface area is 185 Å². The van der Waals surface area contributed by atoms with E-state index in [1.54, 1.807) is 29.9 Å². The van der Waals surface area contributed by atoms with Crippen LogP contribution in [0, 0.1) is 0 Å². The Kier molecular flexibility index (Phi) is 6.66. The zero-order valence-electron chi connectivity index (χ0n) is 17.4. The summed E-state index contributed by atoms with van der Waals surface area (Å²) in [5.74, 6) is -0.560. The first-order valence-electron chi connectivity index (χ1n) is 10.6. The first-order chi connectivity index (χ1) is 15.2. The smallest absolute Gasteiger partial charge is 0.280 e. The molecular weight excluding hydrogens is 410 g/mol. The van der Waals surface area contributed by atoms with E-state index in [0.29, 0.717) is 11.3 Å². The van der Waals surface area contributed by atoms with E-state index >= 15 is 0 Å². The average Bonchev–Trinajstić information content (AvgIpc) is 3.52. The molecule has 160 valence electrons. The Morgan fingerprint density at radius 2 is 1.84 bits per heavy atom. The minimum absolute atomic E-state index is 0.136. The molecule has 1 N–H and O–H groups in total. The number of nitrogens with one attached hydrogen (secondary N) is 1. The van der Waals surface area contributed by atoms with Crippen molar-refractivity contribution in [3.8, 4) is 0 Å². The second kappa shape index (κ2) is 9.78. The number of amides is 2. The van der Waals surface area contributed by atoms with Gasteiger partial charge >= 0.3 is 0 Å². The molecule has 0 bridgehead atoms. The normalized spacial score (nSPS) is 14.9. The molecule has 2 heterocycles. The molecule has 1 unspecified atom stereocenters. The largest absolute Gasteiger partial charge is 0.351 e. The van der Waals surface area contributed by atoms with Gasteiger partial charge in [-0.1, -0.05) is 36.4 Å². The molecule has 1 aliphatic rings. The lowest BCUT2D eigenvalue weighted by atomic mass is 10.0. The monoisotopic (exact) mass is 435 g/mol. The summed E-state index contributed by atoms with van der Waals surface area (Å²) in [5, 5.41) is 8.74. The Morgan fingerprint density at radius 3 is 2.45 bits per heavy atom. The van der Waals surface area contributed by atoms with Crippen LogP contribution in [0.2, 0.25) is 0 Å². The first kappa shape index (κ1) is 21.1. The van der Waals surface area contributed by atoms with Crippen LogP contribution in [-0.4, -0.2) is 32.4 Å². The van der Waals surface area contributed by atoms with Crippen LogP contribution in [0.4, 0.5) is 5.69 Å².